The molecule has 110 valence electrons. The molecule has 2 aliphatic rings. The molecule has 4 nitrogen and oxygen atoms in total. The van der Waals surface area contributed by atoms with Crippen LogP contribution in [0.4, 0.5) is 8.78 Å². The van der Waals surface area contributed by atoms with Gasteiger partial charge >= 0.3 is 0 Å². The van der Waals surface area contributed by atoms with Crippen molar-refractivity contribution >= 4 is 5.91 Å². The van der Waals surface area contributed by atoms with Crippen LogP contribution < -0.4 is 0 Å². The molecule has 2 atom stereocenters. The number of amides is 1. The molecule has 6 heteroatoms. The number of carbonyl (C=O) groups is 1. The van der Waals surface area contributed by atoms with Crippen molar-refractivity contribution < 1.29 is 23.0 Å². The second kappa shape index (κ2) is 4.98. The molecule has 0 unspecified atom stereocenters. The summed E-state index contributed by atoms with van der Waals surface area (Å²) >= 11 is 0. The van der Waals surface area contributed by atoms with Gasteiger partial charge in [0.05, 0.1) is 24.9 Å². The lowest BCUT2D eigenvalue weighted by Crippen LogP contribution is -2.60. The highest BCUT2D eigenvalue weighted by atomic mass is 19.3. The van der Waals surface area contributed by atoms with Crippen molar-refractivity contribution in [3.63, 3.8) is 0 Å². The predicted molar refractivity (Wildman–Crippen MR) is 65.1 cm³/mol. The van der Waals surface area contributed by atoms with E-state index in [-0.39, 0.29) is 24.5 Å². The average molecular weight is 277 g/mol. The Morgan fingerprint density at radius 3 is 2.74 bits per heavy atom. The van der Waals surface area contributed by atoms with E-state index in [0.29, 0.717) is 19.8 Å². The standard InChI is InChI=1S/C13H21F2NO3/c1-12(2)8-16(9-6-18-7-10(9)19-12)11(17)4-5-13(3,14)15/h9-10H,4-8H2,1-3H3/t9-,10-/m1/s1. The third-order valence-electron chi connectivity index (χ3n) is 3.52. The fourth-order valence-corrected chi connectivity index (χ4v) is 2.64. The number of fused-ring (bicyclic) bond motifs is 1. The molecule has 0 bridgehead atoms. The molecule has 0 N–H and O–H groups in total. The van der Waals surface area contributed by atoms with Crippen LogP contribution in [0.5, 0.6) is 0 Å². The SMILES string of the molecule is CC(F)(F)CCC(=O)N1CC(C)(C)O[C@@H]2COC[C@H]21. The molecule has 2 aliphatic heterocycles. The highest BCUT2D eigenvalue weighted by Gasteiger charge is 2.45. The van der Waals surface area contributed by atoms with Crippen LogP contribution in [-0.4, -0.2) is 54.2 Å². The van der Waals surface area contributed by atoms with Crippen molar-refractivity contribution in [1.82, 2.24) is 4.90 Å². The van der Waals surface area contributed by atoms with Gasteiger partial charge in [-0.05, 0) is 20.8 Å². The van der Waals surface area contributed by atoms with E-state index in [0.717, 1.165) is 6.92 Å². The van der Waals surface area contributed by atoms with Gasteiger partial charge in [0.2, 0.25) is 11.8 Å². The molecule has 0 radical (unpaired) electrons. The van der Waals surface area contributed by atoms with Gasteiger partial charge in [0.1, 0.15) is 6.10 Å². The molecule has 1 amide bonds. The number of morpholine rings is 1. The summed E-state index contributed by atoms with van der Waals surface area (Å²) in [5.74, 6) is -3.04. The highest BCUT2D eigenvalue weighted by molar-refractivity contribution is 5.77. The molecule has 19 heavy (non-hydrogen) atoms. The van der Waals surface area contributed by atoms with E-state index in [9.17, 15) is 13.6 Å². The number of ether oxygens (including phenoxy) is 2. The summed E-state index contributed by atoms with van der Waals surface area (Å²) < 4.78 is 36.9. The number of alkyl halides is 2. The monoisotopic (exact) mass is 277 g/mol. The lowest BCUT2D eigenvalue weighted by atomic mass is 10.00. The summed E-state index contributed by atoms with van der Waals surface area (Å²) in [6, 6.07) is -0.133. The molecule has 2 rings (SSSR count). The smallest absolute Gasteiger partial charge is 0.245 e. The van der Waals surface area contributed by atoms with Crippen LogP contribution in [-0.2, 0) is 14.3 Å². The van der Waals surface area contributed by atoms with Crippen molar-refractivity contribution in [2.75, 3.05) is 19.8 Å². The highest BCUT2D eigenvalue weighted by Crippen LogP contribution is 2.30. The van der Waals surface area contributed by atoms with Gasteiger partial charge in [0.25, 0.3) is 0 Å². The minimum absolute atomic E-state index is 0.133. The summed E-state index contributed by atoms with van der Waals surface area (Å²) in [5.41, 5.74) is -0.459. The third kappa shape index (κ3) is 3.63. The van der Waals surface area contributed by atoms with E-state index in [1.54, 1.807) is 4.90 Å². The Morgan fingerprint density at radius 2 is 2.11 bits per heavy atom. The van der Waals surface area contributed by atoms with Crippen molar-refractivity contribution in [2.45, 2.75) is 57.3 Å². The van der Waals surface area contributed by atoms with Crippen molar-refractivity contribution in [2.24, 2.45) is 0 Å². The fraction of sp³-hybridized carbons (Fsp3) is 0.923. The van der Waals surface area contributed by atoms with E-state index in [1.807, 2.05) is 13.8 Å². The van der Waals surface area contributed by atoms with Gasteiger partial charge in [-0.3, -0.25) is 4.79 Å². The molecule has 2 saturated heterocycles. The van der Waals surface area contributed by atoms with E-state index >= 15 is 0 Å². The van der Waals surface area contributed by atoms with E-state index in [4.69, 9.17) is 9.47 Å². The molecule has 2 fully saturated rings. The van der Waals surface area contributed by atoms with E-state index < -0.39 is 17.9 Å². The molecule has 2 heterocycles. The first kappa shape index (κ1) is 14.7. The quantitative estimate of drug-likeness (QED) is 0.790. The van der Waals surface area contributed by atoms with Crippen LogP contribution in [0.3, 0.4) is 0 Å². The minimum atomic E-state index is -2.80. The topological polar surface area (TPSA) is 38.8 Å². The number of hydrogen-bond acceptors (Lipinski definition) is 3. The minimum Gasteiger partial charge on any atom is -0.376 e. The summed E-state index contributed by atoms with van der Waals surface area (Å²) in [5, 5.41) is 0. The third-order valence-corrected chi connectivity index (χ3v) is 3.52. The van der Waals surface area contributed by atoms with Gasteiger partial charge in [-0.1, -0.05) is 0 Å². The van der Waals surface area contributed by atoms with Gasteiger partial charge in [-0.15, -0.1) is 0 Å². The maximum atomic E-state index is 12.8. The number of halogens is 2. The number of carbonyl (C=O) groups excluding carboxylic acids is 1. The van der Waals surface area contributed by atoms with Crippen molar-refractivity contribution in [1.29, 1.82) is 0 Å². The summed E-state index contributed by atoms with van der Waals surface area (Å²) in [4.78, 5) is 13.8. The number of nitrogens with zero attached hydrogens (tertiary/aromatic N) is 1. The lowest BCUT2D eigenvalue weighted by molar-refractivity contribution is -0.170. The number of rotatable bonds is 3. The molecule has 0 aromatic heterocycles. The second-order valence-electron chi connectivity index (χ2n) is 6.11. The Labute approximate surface area is 112 Å². The Morgan fingerprint density at radius 1 is 1.42 bits per heavy atom. The first-order chi connectivity index (χ1) is 8.68. The van der Waals surface area contributed by atoms with Gasteiger partial charge in [0, 0.05) is 19.4 Å². The lowest BCUT2D eigenvalue weighted by Gasteiger charge is -2.45. The van der Waals surface area contributed by atoms with Crippen LogP contribution in [0.1, 0.15) is 33.6 Å². The van der Waals surface area contributed by atoms with E-state index in [2.05, 4.69) is 0 Å². The van der Waals surface area contributed by atoms with Gasteiger partial charge in [0.15, 0.2) is 0 Å². The largest absolute Gasteiger partial charge is 0.376 e. The Hall–Kier alpha value is -0.750. The maximum Gasteiger partial charge on any atom is 0.245 e. The second-order valence-corrected chi connectivity index (χ2v) is 6.11. The predicted octanol–water partition coefficient (Wildman–Crippen LogP) is 1.83. The van der Waals surface area contributed by atoms with E-state index in [1.165, 1.54) is 0 Å². The van der Waals surface area contributed by atoms with Gasteiger partial charge < -0.3 is 14.4 Å². The summed E-state index contributed by atoms with van der Waals surface area (Å²) in [7, 11) is 0. The summed E-state index contributed by atoms with van der Waals surface area (Å²) in [6.45, 7) is 5.94. The molecule has 0 aromatic rings. The van der Waals surface area contributed by atoms with Crippen LogP contribution >= 0.6 is 0 Å². The van der Waals surface area contributed by atoms with Crippen LogP contribution in [0.15, 0.2) is 0 Å². The van der Waals surface area contributed by atoms with Gasteiger partial charge in [-0.2, -0.15) is 0 Å². The Kier molecular flexibility index (Phi) is 3.84. The zero-order chi connectivity index (χ0) is 14.3. The van der Waals surface area contributed by atoms with Crippen molar-refractivity contribution in [3.05, 3.63) is 0 Å². The Bertz CT molecular complexity index is 354. The molecular weight excluding hydrogens is 256 g/mol. The average Bonchev–Trinajstić information content (AvgIpc) is 2.69. The molecular formula is C13H21F2NO3. The maximum absolute atomic E-state index is 12.8. The molecule has 0 spiro atoms. The number of hydrogen-bond donors (Lipinski definition) is 0. The van der Waals surface area contributed by atoms with Gasteiger partial charge in [-0.25, -0.2) is 8.78 Å². The van der Waals surface area contributed by atoms with Crippen LogP contribution in [0.25, 0.3) is 0 Å². The zero-order valence-corrected chi connectivity index (χ0v) is 11.6. The van der Waals surface area contributed by atoms with Crippen molar-refractivity contribution in [3.8, 4) is 0 Å². The van der Waals surface area contributed by atoms with Crippen LogP contribution in [0.2, 0.25) is 0 Å². The molecule has 0 aromatic carbocycles. The molecule has 0 aliphatic carbocycles. The first-order valence-corrected chi connectivity index (χ1v) is 6.61. The van der Waals surface area contributed by atoms with Crippen LogP contribution in [0, 0.1) is 0 Å². The zero-order valence-electron chi connectivity index (χ0n) is 11.6. The summed E-state index contributed by atoms with van der Waals surface area (Å²) in [6.07, 6.45) is -0.695. The molecule has 0 saturated carbocycles. The normalized spacial score (nSPS) is 30.3. The fourth-order valence-electron chi connectivity index (χ4n) is 2.64. The Balaban J connectivity index is 2.02. The first-order valence-electron chi connectivity index (χ1n) is 6.61.